The number of hydrogen-bond donors (Lipinski definition) is 1. The fourth-order valence-corrected chi connectivity index (χ4v) is 4.57. The molecule has 0 spiro atoms. The number of amides is 2. The van der Waals surface area contributed by atoms with Gasteiger partial charge in [0.15, 0.2) is 0 Å². The Morgan fingerprint density at radius 2 is 1.86 bits per heavy atom. The van der Waals surface area contributed by atoms with Gasteiger partial charge in [0.05, 0.1) is 12.0 Å². The monoisotopic (exact) mass is 406 g/mol. The van der Waals surface area contributed by atoms with E-state index in [1.165, 1.54) is 16.2 Å². The Hall–Kier alpha value is -3.12. The Morgan fingerprint density at radius 3 is 2.66 bits per heavy atom. The Bertz CT molecular complexity index is 1030. The summed E-state index contributed by atoms with van der Waals surface area (Å²) in [5.41, 5.74) is 2.69. The van der Waals surface area contributed by atoms with E-state index < -0.39 is 0 Å². The molecule has 0 unspecified atom stereocenters. The number of rotatable bonds is 5. The van der Waals surface area contributed by atoms with Crippen LogP contribution in [0.3, 0.4) is 0 Å². The van der Waals surface area contributed by atoms with Gasteiger partial charge in [0.1, 0.15) is 5.75 Å². The number of hydrogen-bond acceptors (Lipinski definition) is 4. The van der Waals surface area contributed by atoms with Crippen LogP contribution < -0.4 is 10.1 Å². The van der Waals surface area contributed by atoms with Gasteiger partial charge in [0, 0.05) is 35.6 Å². The second-order valence-electron chi connectivity index (χ2n) is 6.90. The molecule has 1 aliphatic heterocycles. The lowest BCUT2D eigenvalue weighted by Gasteiger charge is -2.27. The number of carbonyl (C=O) groups excluding carboxylic acids is 2. The van der Waals surface area contributed by atoms with E-state index in [0.29, 0.717) is 30.1 Å². The lowest BCUT2D eigenvalue weighted by molar-refractivity contribution is 0.0736. The molecular weight excluding hydrogens is 384 g/mol. The van der Waals surface area contributed by atoms with Crippen molar-refractivity contribution in [3.05, 3.63) is 87.1 Å². The molecule has 1 aliphatic rings. The number of benzene rings is 2. The number of para-hydroxylation sites is 1. The molecule has 1 N–H and O–H groups in total. The molecule has 2 amide bonds. The molecule has 4 rings (SSSR count). The van der Waals surface area contributed by atoms with Crippen LogP contribution in [-0.2, 0) is 19.5 Å². The van der Waals surface area contributed by atoms with Gasteiger partial charge in [-0.25, -0.2) is 0 Å². The van der Waals surface area contributed by atoms with Gasteiger partial charge in [0.2, 0.25) is 0 Å². The summed E-state index contributed by atoms with van der Waals surface area (Å²) >= 11 is 1.52. The van der Waals surface area contributed by atoms with Gasteiger partial charge < -0.3 is 15.0 Å². The van der Waals surface area contributed by atoms with Gasteiger partial charge in [-0.2, -0.15) is 0 Å². The minimum absolute atomic E-state index is 0.0321. The van der Waals surface area contributed by atoms with Gasteiger partial charge in [-0.15, -0.1) is 11.3 Å². The van der Waals surface area contributed by atoms with Crippen LogP contribution in [0.5, 0.6) is 5.75 Å². The smallest absolute Gasteiger partial charge is 0.261 e. The van der Waals surface area contributed by atoms with Crippen molar-refractivity contribution in [3.63, 3.8) is 0 Å². The first-order chi connectivity index (χ1) is 14.2. The maximum absolute atomic E-state index is 12.7. The SMILES string of the molecule is COc1ccccc1CNC(=O)c1cc2c(s1)CCN(C(=O)c1ccccc1)C2. The predicted molar refractivity (Wildman–Crippen MR) is 113 cm³/mol. The van der Waals surface area contributed by atoms with Crippen LogP contribution in [0.2, 0.25) is 0 Å². The van der Waals surface area contributed by atoms with E-state index in [4.69, 9.17) is 4.74 Å². The maximum Gasteiger partial charge on any atom is 0.261 e. The van der Waals surface area contributed by atoms with Crippen LogP contribution >= 0.6 is 11.3 Å². The van der Waals surface area contributed by atoms with E-state index in [1.54, 1.807) is 7.11 Å². The van der Waals surface area contributed by atoms with Crippen LogP contribution in [-0.4, -0.2) is 30.4 Å². The second-order valence-corrected chi connectivity index (χ2v) is 8.03. The molecule has 0 saturated heterocycles. The highest BCUT2D eigenvalue weighted by molar-refractivity contribution is 7.14. The van der Waals surface area contributed by atoms with Gasteiger partial charge in [-0.1, -0.05) is 36.4 Å². The number of nitrogens with one attached hydrogen (secondary N) is 1. The van der Waals surface area contributed by atoms with Crippen LogP contribution in [0.1, 0.15) is 36.0 Å². The summed E-state index contributed by atoms with van der Waals surface area (Å²) in [5.74, 6) is 0.689. The number of nitrogens with zero attached hydrogens (tertiary/aromatic N) is 1. The number of fused-ring (bicyclic) bond motifs is 1. The highest BCUT2D eigenvalue weighted by Gasteiger charge is 2.25. The largest absolute Gasteiger partial charge is 0.496 e. The zero-order valence-corrected chi connectivity index (χ0v) is 17.0. The quantitative estimate of drug-likeness (QED) is 0.699. The average molecular weight is 407 g/mol. The van der Waals surface area contributed by atoms with Crippen LogP contribution in [0, 0.1) is 0 Å². The van der Waals surface area contributed by atoms with Crippen LogP contribution in [0.4, 0.5) is 0 Å². The molecule has 6 heteroatoms. The predicted octanol–water partition coefficient (Wildman–Crippen LogP) is 3.89. The van der Waals surface area contributed by atoms with Crippen molar-refractivity contribution >= 4 is 23.2 Å². The Labute approximate surface area is 173 Å². The molecule has 29 heavy (non-hydrogen) atoms. The molecule has 0 radical (unpaired) electrons. The summed E-state index contributed by atoms with van der Waals surface area (Å²) < 4.78 is 5.33. The molecule has 0 aliphatic carbocycles. The summed E-state index contributed by atoms with van der Waals surface area (Å²) in [5, 5.41) is 2.97. The maximum atomic E-state index is 12.7. The van der Waals surface area contributed by atoms with Crippen molar-refractivity contribution in [1.29, 1.82) is 0 Å². The number of carbonyl (C=O) groups is 2. The van der Waals surface area contributed by atoms with E-state index in [1.807, 2.05) is 65.6 Å². The number of thiophene rings is 1. The summed E-state index contributed by atoms with van der Waals surface area (Å²) in [7, 11) is 1.62. The van der Waals surface area contributed by atoms with Gasteiger partial charge in [-0.05, 0) is 36.2 Å². The molecule has 2 aromatic carbocycles. The minimum Gasteiger partial charge on any atom is -0.496 e. The highest BCUT2D eigenvalue weighted by Crippen LogP contribution is 2.29. The zero-order valence-electron chi connectivity index (χ0n) is 16.2. The minimum atomic E-state index is -0.101. The van der Waals surface area contributed by atoms with E-state index in [0.717, 1.165) is 23.3 Å². The van der Waals surface area contributed by atoms with Crippen molar-refractivity contribution in [2.75, 3.05) is 13.7 Å². The molecule has 3 aromatic rings. The molecule has 148 valence electrons. The molecular formula is C23H22N2O3S. The van der Waals surface area contributed by atoms with E-state index >= 15 is 0 Å². The third-order valence-electron chi connectivity index (χ3n) is 5.03. The first-order valence-corrected chi connectivity index (χ1v) is 10.3. The molecule has 0 bridgehead atoms. The molecule has 1 aromatic heterocycles. The lowest BCUT2D eigenvalue weighted by atomic mass is 10.1. The van der Waals surface area contributed by atoms with E-state index in [2.05, 4.69) is 5.32 Å². The van der Waals surface area contributed by atoms with E-state index in [-0.39, 0.29) is 11.8 Å². The van der Waals surface area contributed by atoms with Crippen molar-refractivity contribution in [2.45, 2.75) is 19.5 Å². The fourth-order valence-electron chi connectivity index (χ4n) is 3.49. The van der Waals surface area contributed by atoms with Gasteiger partial charge in [0.25, 0.3) is 11.8 Å². The molecule has 5 nitrogen and oxygen atoms in total. The van der Waals surface area contributed by atoms with Gasteiger partial charge in [-0.3, -0.25) is 9.59 Å². The molecule has 0 fully saturated rings. The average Bonchev–Trinajstić information content (AvgIpc) is 3.21. The van der Waals surface area contributed by atoms with Crippen molar-refractivity contribution < 1.29 is 14.3 Å². The first kappa shape index (κ1) is 19.2. The third kappa shape index (κ3) is 4.17. The molecule has 0 saturated carbocycles. The zero-order chi connectivity index (χ0) is 20.2. The van der Waals surface area contributed by atoms with Gasteiger partial charge >= 0.3 is 0 Å². The van der Waals surface area contributed by atoms with Crippen molar-refractivity contribution in [2.24, 2.45) is 0 Å². The van der Waals surface area contributed by atoms with Crippen LogP contribution in [0.25, 0.3) is 0 Å². The van der Waals surface area contributed by atoms with E-state index in [9.17, 15) is 9.59 Å². The standard InChI is InChI=1S/C23H22N2O3S/c1-28-19-10-6-5-9-17(19)14-24-22(26)21-13-18-15-25(12-11-20(18)29-21)23(27)16-7-3-2-4-8-16/h2-10,13H,11-12,14-15H2,1H3,(H,24,26). The summed E-state index contributed by atoms with van der Waals surface area (Å²) in [6, 6.07) is 18.9. The summed E-state index contributed by atoms with van der Waals surface area (Å²) in [6.07, 6.45) is 0.776. The molecule has 0 atom stereocenters. The Balaban J connectivity index is 1.42. The first-order valence-electron chi connectivity index (χ1n) is 9.51. The fraction of sp³-hybridized carbons (Fsp3) is 0.217. The molecule has 2 heterocycles. The summed E-state index contributed by atoms with van der Waals surface area (Å²) in [6.45, 7) is 1.62. The third-order valence-corrected chi connectivity index (χ3v) is 6.27. The second kappa shape index (κ2) is 8.49. The highest BCUT2D eigenvalue weighted by atomic mass is 32.1. The van der Waals surface area contributed by atoms with Crippen LogP contribution in [0.15, 0.2) is 60.7 Å². The Kier molecular flexibility index (Phi) is 5.62. The van der Waals surface area contributed by atoms with Crippen molar-refractivity contribution in [1.82, 2.24) is 10.2 Å². The van der Waals surface area contributed by atoms with Crippen molar-refractivity contribution in [3.8, 4) is 5.75 Å². The summed E-state index contributed by atoms with van der Waals surface area (Å²) in [4.78, 5) is 29.1. The number of methoxy groups -OCH3 is 1. The Morgan fingerprint density at radius 1 is 1.10 bits per heavy atom. The lowest BCUT2D eigenvalue weighted by Crippen LogP contribution is -2.35. The topological polar surface area (TPSA) is 58.6 Å². The number of ether oxygens (including phenoxy) is 1. The normalized spacial score (nSPS) is 12.9.